The molecule has 0 radical (unpaired) electrons. The highest BCUT2D eigenvalue weighted by Gasteiger charge is 2.63. The van der Waals surface area contributed by atoms with Crippen LogP contribution in [0.15, 0.2) is 12.1 Å². The summed E-state index contributed by atoms with van der Waals surface area (Å²) >= 11 is 0. The van der Waals surface area contributed by atoms with Crippen LogP contribution in [0, 0.1) is 10.1 Å². The molecule has 134 valence electrons. The fourth-order valence-electron chi connectivity index (χ4n) is 1.41. The van der Waals surface area contributed by atoms with Crippen LogP contribution in [-0.4, -0.2) is 22.9 Å². The second-order valence-electron chi connectivity index (χ2n) is 4.24. The van der Waals surface area contributed by atoms with Gasteiger partial charge in [0.15, 0.2) is 0 Å². The van der Waals surface area contributed by atoms with Crippen LogP contribution in [0.1, 0.15) is 5.56 Å². The molecule has 0 saturated carbocycles. The van der Waals surface area contributed by atoms with E-state index in [9.17, 15) is 50.0 Å². The number of anilines is 2. The predicted octanol–water partition coefficient (Wildman–Crippen LogP) is 3.33. The number of hydrogen-bond donors (Lipinski definition) is 2. The molecule has 0 aromatic heterocycles. The molecule has 0 aliphatic rings. The van der Waals surface area contributed by atoms with Crippen molar-refractivity contribution in [2.24, 2.45) is 0 Å². The van der Waals surface area contributed by atoms with Gasteiger partial charge in [-0.15, -0.1) is 0 Å². The lowest BCUT2D eigenvalue weighted by atomic mass is 10.1. The Balaban J connectivity index is 3.42. The summed E-state index contributed by atoms with van der Waals surface area (Å²) in [5.41, 5.74) is -1.13. The monoisotopic (exact) mass is 367 g/mol. The maximum absolute atomic E-state index is 12.8. The first-order valence-electron chi connectivity index (χ1n) is 5.50. The van der Waals surface area contributed by atoms with E-state index in [-0.39, 0.29) is 12.1 Å². The maximum Gasteiger partial charge on any atom is 0.463 e. The molecule has 1 rings (SSSR count). The Morgan fingerprint density at radius 3 is 1.96 bits per heavy atom. The van der Waals surface area contributed by atoms with Gasteiger partial charge >= 0.3 is 24.2 Å². The van der Waals surface area contributed by atoms with Crippen molar-refractivity contribution in [3.8, 4) is 0 Å². The molecule has 0 aliphatic carbocycles. The van der Waals surface area contributed by atoms with E-state index in [1.54, 1.807) is 0 Å². The Labute approximate surface area is 126 Å². The van der Waals surface area contributed by atoms with Crippen LogP contribution in [0.25, 0.3) is 0 Å². The number of halogens is 8. The van der Waals surface area contributed by atoms with E-state index in [0.717, 1.165) is 5.32 Å². The second kappa shape index (κ2) is 5.76. The van der Waals surface area contributed by atoms with Crippen LogP contribution < -0.4 is 11.1 Å². The molecule has 0 bridgehead atoms. The van der Waals surface area contributed by atoms with E-state index in [2.05, 4.69) is 0 Å². The average molecular weight is 367 g/mol. The molecular formula is C10H5F8N3O3. The second-order valence-corrected chi connectivity index (χ2v) is 4.24. The molecule has 3 N–H and O–H groups in total. The fourth-order valence-corrected chi connectivity index (χ4v) is 1.41. The summed E-state index contributed by atoms with van der Waals surface area (Å²) in [5, 5.41) is 11.4. The SMILES string of the molecule is Nc1c(NC(=O)C(F)(F)C(F)(F)F)cc([N+](=O)[O-])cc1C(F)(F)F. The number of nitrogens with one attached hydrogen (secondary N) is 1. The standard InChI is InChI=1S/C10H5F8N3O3/c11-8(12,10(16,17)18)7(22)20-5-2-3(21(23)24)1-4(6(5)19)9(13,14)15/h1-2H,19H2,(H,20,22). The van der Waals surface area contributed by atoms with E-state index >= 15 is 0 Å². The molecule has 14 heteroatoms. The minimum atomic E-state index is -6.33. The smallest absolute Gasteiger partial charge is 0.397 e. The first-order valence-corrected chi connectivity index (χ1v) is 5.50. The van der Waals surface area contributed by atoms with Crippen molar-refractivity contribution >= 4 is 23.0 Å². The summed E-state index contributed by atoms with van der Waals surface area (Å²) in [7, 11) is 0. The van der Waals surface area contributed by atoms with Crippen molar-refractivity contribution < 1.29 is 44.8 Å². The average Bonchev–Trinajstić information content (AvgIpc) is 2.37. The molecule has 1 aromatic rings. The number of carbonyl (C=O) groups excluding carboxylic acids is 1. The molecule has 0 spiro atoms. The molecule has 1 aromatic carbocycles. The maximum atomic E-state index is 12.8. The lowest BCUT2D eigenvalue weighted by Crippen LogP contribution is -2.47. The Morgan fingerprint density at radius 2 is 1.58 bits per heavy atom. The molecular weight excluding hydrogens is 362 g/mol. The van der Waals surface area contributed by atoms with Crippen molar-refractivity contribution in [1.82, 2.24) is 0 Å². The van der Waals surface area contributed by atoms with Crippen LogP contribution in [0.4, 0.5) is 52.2 Å². The van der Waals surface area contributed by atoms with Gasteiger partial charge in [0.05, 0.1) is 21.9 Å². The Hall–Kier alpha value is -2.67. The number of carbonyl (C=O) groups is 1. The zero-order valence-corrected chi connectivity index (χ0v) is 10.9. The number of hydrogen-bond acceptors (Lipinski definition) is 4. The topological polar surface area (TPSA) is 98.3 Å². The summed E-state index contributed by atoms with van der Waals surface area (Å²) in [6, 6.07) is 0.0574. The number of alkyl halides is 8. The third kappa shape index (κ3) is 3.62. The number of non-ortho nitro benzene ring substituents is 1. The highest BCUT2D eigenvalue weighted by molar-refractivity contribution is 5.99. The van der Waals surface area contributed by atoms with E-state index in [0.29, 0.717) is 0 Å². The highest BCUT2D eigenvalue weighted by atomic mass is 19.4. The molecule has 0 unspecified atom stereocenters. The minimum Gasteiger partial charge on any atom is -0.397 e. The summed E-state index contributed by atoms with van der Waals surface area (Å²) in [4.78, 5) is 20.1. The lowest BCUT2D eigenvalue weighted by molar-refractivity contribution is -0.385. The molecule has 0 heterocycles. The quantitative estimate of drug-likeness (QED) is 0.371. The van der Waals surface area contributed by atoms with Crippen molar-refractivity contribution in [2.45, 2.75) is 18.3 Å². The van der Waals surface area contributed by atoms with Gasteiger partial charge in [0.2, 0.25) is 0 Å². The summed E-state index contributed by atoms with van der Waals surface area (Å²) in [6.45, 7) is 0. The number of nitro benzene ring substituents is 1. The van der Waals surface area contributed by atoms with Crippen molar-refractivity contribution in [1.29, 1.82) is 0 Å². The van der Waals surface area contributed by atoms with Crippen LogP contribution in [0.2, 0.25) is 0 Å². The minimum absolute atomic E-state index is 0.0626. The van der Waals surface area contributed by atoms with E-state index < -0.39 is 51.7 Å². The van der Waals surface area contributed by atoms with Crippen LogP contribution >= 0.6 is 0 Å². The molecule has 6 nitrogen and oxygen atoms in total. The van der Waals surface area contributed by atoms with Crippen LogP contribution in [0.3, 0.4) is 0 Å². The van der Waals surface area contributed by atoms with Gasteiger partial charge in [-0.2, -0.15) is 35.1 Å². The van der Waals surface area contributed by atoms with Crippen molar-refractivity contribution in [3.05, 3.63) is 27.8 Å². The van der Waals surface area contributed by atoms with Gasteiger partial charge in [0.1, 0.15) is 0 Å². The largest absolute Gasteiger partial charge is 0.463 e. The van der Waals surface area contributed by atoms with Crippen molar-refractivity contribution in [2.75, 3.05) is 11.1 Å². The Kier molecular flexibility index (Phi) is 4.65. The summed E-state index contributed by atoms with van der Waals surface area (Å²) < 4.78 is 99.8. The van der Waals surface area contributed by atoms with Crippen molar-refractivity contribution in [3.63, 3.8) is 0 Å². The van der Waals surface area contributed by atoms with E-state index in [1.165, 1.54) is 0 Å². The third-order valence-electron chi connectivity index (χ3n) is 2.57. The molecule has 0 atom stereocenters. The number of nitrogens with two attached hydrogens (primary N) is 1. The fraction of sp³-hybridized carbons (Fsp3) is 0.300. The Bertz CT molecular complexity index is 683. The lowest BCUT2D eigenvalue weighted by Gasteiger charge is -2.20. The number of nitrogen functional groups attached to an aromatic ring is 1. The number of rotatable bonds is 3. The van der Waals surface area contributed by atoms with Gasteiger partial charge in [-0.05, 0) is 0 Å². The molecule has 24 heavy (non-hydrogen) atoms. The zero-order valence-electron chi connectivity index (χ0n) is 10.9. The number of nitro groups is 1. The molecule has 0 saturated heterocycles. The van der Waals surface area contributed by atoms with Gasteiger partial charge in [0.25, 0.3) is 5.69 Å². The first kappa shape index (κ1) is 19.4. The molecule has 0 aliphatic heterocycles. The molecule has 0 fully saturated rings. The summed E-state index contributed by atoms with van der Waals surface area (Å²) in [6.07, 6.45) is -11.6. The number of benzene rings is 1. The summed E-state index contributed by atoms with van der Waals surface area (Å²) in [5.74, 6) is -9.00. The predicted molar refractivity (Wildman–Crippen MR) is 62.1 cm³/mol. The Morgan fingerprint density at radius 1 is 1.08 bits per heavy atom. The van der Waals surface area contributed by atoms with Gasteiger partial charge in [-0.25, -0.2) is 0 Å². The molecule has 1 amide bonds. The highest BCUT2D eigenvalue weighted by Crippen LogP contribution is 2.41. The van der Waals surface area contributed by atoms with Crippen LogP contribution in [-0.2, 0) is 11.0 Å². The van der Waals surface area contributed by atoms with Crippen LogP contribution in [0.5, 0.6) is 0 Å². The number of nitrogens with zero attached hydrogens (tertiary/aromatic N) is 1. The normalized spacial score (nSPS) is 12.8. The van der Waals surface area contributed by atoms with Gasteiger partial charge in [0, 0.05) is 12.1 Å². The van der Waals surface area contributed by atoms with Gasteiger partial charge in [-0.1, -0.05) is 0 Å². The van der Waals surface area contributed by atoms with Gasteiger partial charge in [-0.3, -0.25) is 14.9 Å². The zero-order chi connectivity index (χ0) is 19.1. The van der Waals surface area contributed by atoms with E-state index in [1.807, 2.05) is 0 Å². The third-order valence-corrected chi connectivity index (χ3v) is 2.57. The van der Waals surface area contributed by atoms with E-state index in [4.69, 9.17) is 5.73 Å². The first-order chi connectivity index (χ1) is 10.6. The number of amides is 1. The van der Waals surface area contributed by atoms with Gasteiger partial charge < -0.3 is 11.1 Å².